The van der Waals surface area contributed by atoms with Crippen LogP contribution in [-0.2, 0) is 17.6 Å². The minimum absolute atomic E-state index is 0.0650. The molecule has 2 N–H and O–H groups in total. The molecule has 0 spiro atoms. The van der Waals surface area contributed by atoms with E-state index in [-0.39, 0.29) is 12.5 Å². The van der Waals surface area contributed by atoms with Gasteiger partial charge in [0.15, 0.2) is 0 Å². The van der Waals surface area contributed by atoms with E-state index in [0.717, 1.165) is 10.4 Å². The number of benzene rings is 1. The van der Waals surface area contributed by atoms with Gasteiger partial charge in [0.2, 0.25) is 5.91 Å². The third kappa shape index (κ3) is 3.69. The molecule has 4 nitrogen and oxygen atoms in total. The molecule has 5 heteroatoms. The summed E-state index contributed by atoms with van der Waals surface area (Å²) in [7, 11) is 0. The van der Waals surface area contributed by atoms with Gasteiger partial charge in [0.25, 0.3) is 0 Å². The molecule has 0 bridgehead atoms. The minimum atomic E-state index is -0.690. The van der Waals surface area contributed by atoms with E-state index in [1.807, 2.05) is 47.8 Å². The Morgan fingerprint density at radius 3 is 2.71 bits per heavy atom. The number of carbonyl (C=O) groups is 1. The molecular weight excluding hydrogens is 322 g/mol. The van der Waals surface area contributed by atoms with Gasteiger partial charge in [-0.05, 0) is 29.9 Å². The molecule has 1 saturated heterocycles. The van der Waals surface area contributed by atoms with Crippen LogP contribution in [-0.4, -0.2) is 46.8 Å². The molecule has 0 aliphatic carbocycles. The van der Waals surface area contributed by atoms with Crippen LogP contribution >= 0.6 is 11.3 Å². The summed E-state index contributed by atoms with van der Waals surface area (Å²) in [6.45, 7) is 0.803. The van der Waals surface area contributed by atoms with Crippen LogP contribution in [0.15, 0.2) is 47.8 Å². The highest BCUT2D eigenvalue weighted by molar-refractivity contribution is 7.10. The van der Waals surface area contributed by atoms with Crippen molar-refractivity contribution in [3.05, 3.63) is 58.3 Å². The summed E-state index contributed by atoms with van der Waals surface area (Å²) in [4.78, 5) is 15.4. The second kappa shape index (κ2) is 7.47. The van der Waals surface area contributed by atoms with E-state index in [0.29, 0.717) is 32.4 Å². The molecule has 1 unspecified atom stereocenters. The van der Waals surface area contributed by atoms with E-state index in [2.05, 4.69) is 0 Å². The largest absolute Gasteiger partial charge is 0.396 e. The predicted molar refractivity (Wildman–Crippen MR) is 94.9 cm³/mol. The highest BCUT2D eigenvalue weighted by Crippen LogP contribution is 2.34. The number of nitrogens with zero attached hydrogens (tertiary/aromatic N) is 1. The molecule has 1 fully saturated rings. The first-order valence-electron chi connectivity index (χ1n) is 8.26. The summed E-state index contributed by atoms with van der Waals surface area (Å²) in [5.41, 5.74) is 0.378. The molecule has 0 saturated carbocycles. The minimum Gasteiger partial charge on any atom is -0.396 e. The van der Waals surface area contributed by atoms with Gasteiger partial charge >= 0.3 is 0 Å². The van der Waals surface area contributed by atoms with Gasteiger partial charge in [-0.15, -0.1) is 11.3 Å². The lowest BCUT2D eigenvalue weighted by molar-refractivity contribution is -0.141. The zero-order chi connectivity index (χ0) is 17.0. The summed E-state index contributed by atoms with van der Waals surface area (Å²) in [5, 5.41) is 22.5. The third-order valence-electron chi connectivity index (χ3n) is 4.86. The summed E-state index contributed by atoms with van der Waals surface area (Å²) >= 11 is 1.58. The standard InChI is InChI=1S/C19H23NO3S/c21-14-19(12-15-5-2-1-3-6-15)13-20(9-8-17(19)22)18(23)11-16-7-4-10-24-16/h1-7,10,17,21-22H,8-9,11-14H2/t17?,19-/m1/s1. The molecule has 1 amide bonds. The molecule has 24 heavy (non-hydrogen) atoms. The Balaban J connectivity index is 1.74. The molecule has 1 aliphatic heterocycles. The Kier molecular flexibility index (Phi) is 5.33. The smallest absolute Gasteiger partial charge is 0.227 e. The molecule has 1 aliphatic rings. The molecule has 1 aromatic heterocycles. The summed E-state index contributed by atoms with van der Waals surface area (Å²) in [5.74, 6) is 0.0650. The normalized spacial score (nSPS) is 24.1. The fourth-order valence-electron chi connectivity index (χ4n) is 3.42. The fourth-order valence-corrected chi connectivity index (χ4v) is 4.12. The lowest BCUT2D eigenvalue weighted by atomic mass is 9.73. The van der Waals surface area contributed by atoms with E-state index in [9.17, 15) is 15.0 Å². The number of likely N-dealkylation sites (tertiary alicyclic amines) is 1. The van der Waals surface area contributed by atoms with Crippen molar-refractivity contribution in [2.75, 3.05) is 19.7 Å². The number of carbonyl (C=O) groups excluding carboxylic acids is 1. The Bertz CT molecular complexity index is 659. The SMILES string of the molecule is O=C(Cc1cccs1)N1CCC(O)[C@](CO)(Cc2ccccc2)C1. The molecule has 1 aromatic carbocycles. The summed E-state index contributed by atoms with van der Waals surface area (Å²) in [6.07, 6.45) is 0.854. The van der Waals surface area contributed by atoms with E-state index < -0.39 is 11.5 Å². The van der Waals surface area contributed by atoms with Crippen LogP contribution in [0.5, 0.6) is 0 Å². The number of thiophene rings is 1. The van der Waals surface area contributed by atoms with Gasteiger partial charge in [0.1, 0.15) is 0 Å². The third-order valence-corrected chi connectivity index (χ3v) is 5.73. The first-order chi connectivity index (χ1) is 11.6. The van der Waals surface area contributed by atoms with Gasteiger partial charge in [-0.25, -0.2) is 0 Å². The number of aliphatic hydroxyl groups excluding tert-OH is 2. The van der Waals surface area contributed by atoms with Crippen LogP contribution in [0.4, 0.5) is 0 Å². The van der Waals surface area contributed by atoms with Crippen LogP contribution in [0.3, 0.4) is 0 Å². The summed E-state index contributed by atoms with van der Waals surface area (Å²) in [6, 6.07) is 13.8. The number of hydrogen-bond donors (Lipinski definition) is 2. The Morgan fingerprint density at radius 2 is 2.04 bits per heavy atom. The monoisotopic (exact) mass is 345 g/mol. The van der Waals surface area contributed by atoms with Crippen LogP contribution in [0.2, 0.25) is 0 Å². The predicted octanol–water partition coefficient (Wildman–Crippen LogP) is 2.11. The maximum Gasteiger partial charge on any atom is 0.227 e. The molecule has 3 rings (SSSR count). The highest BCUT2D eigenvalue weighted by atomic mass is 32.1. The van der Waals surface area contributed by atoms with Gasteiger partial charge in [0.05, 0.1) is 19.1 Å². The number of aliphatic hydroxyl groups is 2. The van der Waals surface area contributed by atoms with E-state index in [4.69, 9.17) is 0 Å². The van der Waals surface area contributed by atoms with Crippen molar-refractivity contribution in [3.8, 4) is 0 Å². The molecular formula is C19H23NO3S. The zero-order valence-corrected chi connectivity index (χ0v) is 14.4. The van der Waals surface area contributed by atoms with Crippen molar-refractivity contribution in [3.63, 3.8) is 0 Å². The quantitative estimate of drug-likeness (QED) is 0.872. The number of hydrogen-bond acceptors (Lipinski definition) is 4. The van der Waals surface area contributed by atoms with Crippen LogP contribution < -0.4 is 0 Å². The van der Waals surface area contributed by atoms with Crippen molar-refractivity contribution in [2.45, 2.75) is 25.4 Å². The maximum absolute atomic E-state index is 12.6. The first kappa shape index (κ1) is 17.1. The van der Waals surface area contributed by atoms with Gasteiger partial charge in [-0.2, -0.15) is 0 Å². The topological polar surface area (TPSA) is 60.8 Å². The van der Waals surface area contributed by atoms with E-state index in [1.165, 1.54) is 0 Å². The molecule has 128 valence electrons. The van der Waals surface area contributed by atoms with E-state index in [1.54, 1.807) is 16.2 Å². The van der Waals surface area contributed by atoms with Crippen molar-refractivity contribution in [1.82, 2.24) is 4.90 Å². The lowest BCUT2D eigenvalue weighted by Crippen LogP contribution is -2.56. The zero-order valence-electron chi connectivity index (χ0n) is 13.6. The average molecular weight is 345 g/mol. The Morgan fingerprint density at radius 1 is 1.25 bits per heavy atom. The molecule has 0 radical (unpaired) electrons. The highest BCUT2D eigenvalue weighted by Gasteiger charge is 2.43. The van der Waals surface area contributed by atoms with Crippen molar-refractivity contribution < 1.29 is 15.0 Å². The van der Waals surface area contributed by atoms with Gasteiger partial charge in [-0.1, -0.05) is 36.4 Å². The van der Waals surface area contributed by atoms with Crippen LogP contribution in [0.25, 0.3) is 0 Å². The van der Waals surface area contributed by atoms with Crippen LogP contribution in [0, 0.1) is 5.41 Å². The van der Waals surface area contributed by atoms with Crippen molar-refractivity contribution in [2.24, 2.45) is 5.41 Å². The second-order valence-electron chi connectivity index (χ2n) is 6.56. The van der Waals surface area contributed by atoms with Crippen molar-refractivity contribution in [1.29, 1.82) is 0 Å². The Labute approximate surface area is 146 Å². The number of piperidine rings is 1. The Hall–Kier alpha value is -1.69. The second-order valence-corrected chi connectivity index (χ2v) is 7.59. The number of amides is 1. The van der Waals surface area contributed by atoms with Gasteiger partial charge in [0, 0.05) is 23.4 Å². The average Bonchev–Trinajstić information content (AvgIpc) is 3.11. The van der Waals surface area contributed by atoms with Crippen LogP contribution in [0.1, 0.15) is 16.9 Å². The van der Waals surface area contributed by atoms with E-state index >= 15 is 0 Å². The lowest BCUT2D eigenvalue weighted by Gasteiger charge is -2.45. The van der Waals surface area contributed by atoms with Crippen molar-refractivity contribution >= 4 is 17.2 Å². The molecule has 2 atom stereocenters. The van der Waals surface area contributed by atoms with Gasteiger partial charge in [-0.3, -0.25) is 4.79 Å². The molecule has 2 aromatic rings. The maximum atomic E-state index is 12.6. The number of rotatable bonds is 5. The summed E-state index contributed by atoms with van der Waals surface area (Å²) < 4.78 is 0. The van der Waals surface area contributed by atoms with Gasteiger partial charge < -0.3 is 15.1 Å². The first-order valence-corrected chi connectivity index (χ1v) is 9.14. The molecule has 2 heterocycles. The fraction of sp³-hybridized carbons (Fsp3) is 0.421.